The Balaban J connectivity index is 0.00000450. The molecule has 9 nitrogen and oxygen atoms in total. The van der Waals surface area contributed by atoms with Crippen LogP contribution in [0, 0.1) is 0 Å². The number of hydrogen-bond donors (Lipinski definition) is 2. The molecular formula is C20H32IN5O4. The maximum absolute atomic E-state index is 12.1. The van der Waals surface area contributed by atoms with Gasteiger partial charge in [0.05, 0.1) is 6.54 Å². The molecule has 3 N–H and O–H groups in total. The molecule has 0 unspecified atom stereocenters. The number of rotatable bonds is 5. The Morgan fingerprint density at radius 2 is 1.80 bits per heavy atom. The van der Waals surface area contributed by atoms with E-state index in [1.165, 1.54) is 6.92 Å². The van der Waals surface area contributed by atoms with E-state index in [-0.39, 0.29) is 36.0 Å². The van der Waals surface area contributed by atoms with Crippen LogP contribution in [0.15, 0.2) is 29.3 Å². The van der Waals surface area contributed by atoms with Crippen LogP contribution in [0.4, 0.5) is 10.5 Å². The van der Waals surface area contributed by atoms with Crippen molar-refractivity contribution in [3.8, 4) is 5.75 Å². The number of anilines is 1. The fourth-order valence-electron chi connectivity index (χ4n) is 2.74. The Morgan fingerprint density at radius 1 is 1.17 bits per heavy atom. The molecule has 1 aliphatic heterocycles. The summed E-state index contributed by atoms with van der Waals surface area (Å²) in [6, 6.07) is 7.17. The van der Waals surface area contributed by atoms with Crippen LogP contribution in [-0.2, 0) is 9.53 Å². The minimum Gasteiger partial charge on any atom is -0.492 e. The molecule has 1 aromatic rings. The zero-order valence-corrected chi connectivity index (χ0v) is 20.3. The van der Waals surface area contributed by atoms with E-state index in [1.54, 1.807) is 17.0 Å². The van der Waals surface area contributed by atoms with Gasteiger partial charge in [-0.1, -0.05) is 6.07 Å². The molecule has 10 heteroatoms. The first kappa shape index (κ1) is 25.8. The van der Waals surface area contributed by atoms with E-state index in [9.17, 15) is 9.59 Å². The van der Waals surface area contributed by atoms with Crippen LogP contribution in [0.5, 0.6) is 5.75 Å². The van der Waals surface area contributed by atoms with Crippen molar-refractivity contribution in [2.24, 2.45) is 10.7 Å². The maximum Gasteiger partial charge on any atom is 0.410 e. The van der Waals surface area contributed by atoms with Gasteiger partial charge in [0.1, 0.15) is 18.0 Å². The predicted molar refractivity (Wildman–Crippen MR) is 128 cm³/mol. The standard InChI is InChI=1S/C20H31N5O4.HI/c1-15(26)23-16-6-5-7-17(14-16)28-13-8-22-18(21)24-9-11-25(12-10-24)19(27)29-20(2,3)4;/h5-7,14H,8-13H2,1-4H3,(H2,21,22)(H,23,26);1H. The van der Waals surface area contributed by atoms with Crippen molar-refractivity contribution in [2.75, 3.05) is 44.6 Å². The highest BCUT2D eigenvalue weighted by atomic mass is 127. The van der Waals surface area contributed by atoms with Gasteiger partial charge in [0.15, 0.2) is 5.96 Å². The highest BCUT2D eigenvalue weighted by Gasteiger charge is 2.26. The number of carbonyl (C=O) groups is 2. The highest BCUT2D eigenvalue weighted by molar-refractivity contribution is 14.0. The van der Waals surface area contributed by atoms with Gasteiger partial charge in [0.2, 0.25) is 5.91 Å². The van der Waals surface area contributed by atoms with Crippen LogP contribution in [-0.4, -0.2) is 72.7 Å². The van der Waals surface area contributed by atoms with Gasteiger partial charge in [-0.15, -0.1) is 24.0 Å². The number of aliphatic imine (C=N–C) groups is 1. The fourth-order valence-corrected chi connectivity index (χ4v) is 2.74. The highest BCUT2D eigenvalue weighted by Crippen LogP contribution is 2.17. The van der Waals surface area contributed by atoms with E-state index in [0.29, 0.717) is 56.7 Å². The first-order valence-electron chi connectivity index (χ1n) is 9.67. The first-order valence-corrected chi connectivity index (χ1v) is 9.67. The number of nitrogens with one attached hydrogen (secondary N) is 1. The van der Waals surface area contributed by atoms with Gasteiger partial charge in [-0.2, -0.15) is 0 Å². The molecule has 0 radical (unpaired) electrons. The molecular weight excluding hydrogens is 501 g/mol. The summed E-state index contributed by atoms with van der Waals surface area (Å²) in [6.07, 6.45) is -0.303. The second-order valence-corrected chi connectivity index (χ2v) is 7.75. The predicted octanol–water partition coefficient (Wildman–Crippen LogP) is 2.51. The number of nitrogens with zero attached hydrogens (tertiary/aromatic N) is 3. The largest absolute Gasteiger partial charge is 0.492 e. The molecule has 168 valence electrons. The van der Waals surface area contributed by atoms with Crippen LogP contribution in [0.3, 0.4) is 0 Å². The smallest absolute Gasteiger partial charge is 0.410 e. The number of ether oxygens (including phenoxy) is 2. The second-order valence-electron chi connectivity index (χ2n) is 7.75. The zero-order chi connectivity index (χ0) is 21.4. The van der Waals surface area contributed by atoms with Gasteiger partial charge in [-0.3, -0.25) is 4.79 Å². The van der Waals surface area contributed by atoms with Crippen LogP contribution >= 0.6 is 24.0 Å². The normalized spacial score (nSPS) is 14.6. The number of hydrogen-bond acceptors (Lipinski definition) is 5. The van der Waals surface area contributed by atoms with Gasteiger partial charge in [-0.05, 0) is 32.9 Å². The summed E-state index contributed by atoms with van der Waals surface area (Å²) in [5.74, 6) is 0.951. The number of carbonyl (C=O) groups excluding carboxylic acids is 2. The summed E-state index contributed by atoms with van der Waals surface area (Å²) in [5.41, 5.74) is 6.25. The monoisotopic (exact) mass is 533 g/mol. The quantitative estimate of drug-likeness (QED) is 0.261. The lowest BCUT2D eigenvalue weighted by molar-refractivity contribution is -0.114. The summed E-state index contributed by atoms with van der Waals surface area (Å²) in [6.45, 7) is 10.1. The lowest BCUT2D eigenvalue weighted by atomic mass is 10.2. The number of benzene rings is 1. The lowest BCUT2D eigenvalue weighted by Gasteiger charge is -2.36. The Hall–Kier alpha value is -2.24. The van der Waals surface area contributed by atoms with E-state index in [1.807, 2.05) is 37.8 Å². The Bertz CT molecular complexity index is 743. The Morgan fingerprint density at radius 3 is 2.40 bits per heavy atom. The molecule has 2 amide bonds. The number of halogens is 1. The molecule has 1 heterocycles. The lowest BCUT2D eigenvalue weighted by Crippen LogP contribution is -2.53. The van der Waals surface area contributed by atoms with Crippen molar-refractivity contribution in [1.82, 2.24) is 9.80 Å². The van der Waals surface area contributed by atoms with E-state index >= 15 is 0 Å². The van der Waals surface area contributed by atoms with Crippen molar-refractivity contribution < 1.29 is 19.1 Å². The first-order chi connectivity index (χ1) is 13.6. The molecule has 1 saturated heterocycles. The molecule has 2 rings (SSSR count). The summed E-state index contributed by atoms with van der Waals surface area (Å²) in [5, 5.41) is 2.71. The second kappa shape index (κ2) is 11.8. The topological polar surface area (TPSA) is 109 Å². The van der Waals surface area contributed by atoms with E-state index in [0.717, 1.165) is 0 Å². The van der Waals surface area contributed by atoms with Crippen LogP contribution in [0.2, 0.25) is 0 Å². The molecule has 0 atom stereocenters. The molecule has 1 aliphatic rings. The summed E-state index contributed by atoms with van der Waals surface area (Å²) < 4.78 is 11.1. The molecule has 30 heavy (non-hydrogen) atoms. The van der Waals surface area contributed by atoms with Crippen LogP contribution < -0.4 is 15.8 Å². The zero-order valence-electron chi connectivity index (χ0n) is 18.0. The summed E-state index contributed by atoms with van der Waals surface area (Å²) >= 11 is 0. The van der Waals surface area contributed by atoms with Crippen LogP contribution in [0.25, 0.3) is 0 Å². The third-order valence-corrected chi connectivity index (χ3v) is 4.04. The van der Waals surface area contributed by atoms with Gasteiger partial charge in [0, 0.05) is 44.9 Å². The molecule has 0 spiro atoms. The molecule has 1 fully saturated rings. The SMILES string of the molecule is CC(=O)Nc1cccc(OCCN=C(N)N2CCN(C(=O)OC(C)(C)C)CC2)c1.I. The Kier molecular flexibility index (Phi) is 10.2. The fraction of sp³-hybridized carbons (Fsp3) is 0.550. The van der Waals surface area contributed by atoms with E-state index < -0.39 is 5.60 Å². The third kappa shape index (κ3) is 9.06. The van der Waals surface area contributed by atoms with Crippen molar-refractivity contribution in [1.29, 1.82) is 0 Å². The van der Waals surface area contributed by atoms with Gasteiger partial charge in [0.25, 0.3) is 0 Å². The van der Waals surface area contributed by atoms with Crippen molar-refractivity contribution in [3.63, 3.8) is 0 Å². The van der Waals surface area contributed by atoms with Gasteiger partial charge >= 0.3 is 6.09 Å². The maximum atomic E-state index is 12.1. The minimum absolute atomic E-state index is 0. The molecule has 0 aliphatic carbocycles. The van der Waals surface area contributed by atoms with Crippen molar-refractivity contribution in [3.05, 3.63) is 24.3 Å². The average Bonchev–Trinajstić information content (AvgIpc) is 2.63. The molecule has 0 aromatic heterocycles. The van der Waals surface area contributed by atoms with E-state index in [2.05, 4.69) is 10.3 Å². The van der Waals surface area contributed by atoms with Gasteiger partial charge < -0.3 is 30.3 Å². The Labute approximate surface area is 195 Å². The minimum atomic E-state index is -0.504. The molecule has 0 bridgehead atoms. The summed E-state index contributed by atoms with van der Waals surface area (Å²) in [4.78, 5) is 31.2. The molecule has 0 saturated carbocycles. The average molecular weight is 533 g/mol. The van der Waals surface area contributed by atoms with Crippen molar-refractivity contribution in [2.45, 2.75) is 33.3 Å². The number of amides is 2. The van der Waals surface area contributed by atoms with E-state index in [4.69, 9.17) is 15.2 Å². The molecule has 1 aromatic carbocycles. The van der Waals surface area contributed by atoms with Crippen LogP contribution in [0.1, 0.15) is 27.7 Å². The number of piperazine rings is 1. The number of nitrogens with two attached hydrogens (primary N) is 1. The third-order valence-electron chi connectivity index (χ3n) is 4.04. The number of guanidine groups is 1. The van der Waals surface area contributed by atoms with Crippen molar-refractivity contribution >= 4 is 47.6 Å². The van der Waals surface area contributed by atoms with Gasteiger partial charge in [-0.25, -0.2) is 9.79 Å². The summed E-state index contributed by atoms with van der Waals surface area (Å²) in [7, 11) is 0.